The zero-order valence-electron chi connectivity index (χ0n) is 7.27. The monoisotopic (exact) mass is 190 g/mol. The average molecular weight is 191 g/mol. The number of alkyl halides is 1. The summed E-state index contributed by atoms with van der Waals surface area (Å²) in [7, 11) is 1.61. The van der Waals surface area contributed by atoms with Crippen molar-refractivity contribution in [3.05, 3.63) is 0 Å². The van der Waals surface area contributed by atoms with Crippen LogP contribution < -0.4 is 10.6 Å². The summed E-state index contributed by atoms with van der Waals surface area (Å²) in [5, 5.41) is 5.47. The first-order chi connectivity index (χ1) is 5.74. The van der Waals surface area contributed by atoms with Crippen LogP contribution in [0.4, 0.5) is 4.79 Å². The molecule has 2 N–H and O–H groups in total. The van der Waals surface area contributed by atoms with E-state index in [1.807, 2.05) is 0 Å². The second-order valence-electron chi connectivity index (χ2n) is 3.13. The molecular weight excluding hydrogens is 176 g/mol. The van der Waals surface area contributed by atoms with E-state index in [0.29, 0.717) is 0 Å². The van der Waals surface area contributed by atoms with Crippen molar-refractivity contribution in [2.75, 3.05) is 7.05 Å². The molecule has 1 aliphatic rings. The van der Waals surface area contributed by atoms with Crippen LogP contribution >= 0.6 is 11.6 Å². The van der Waals surface area contributed by atoms with E-state index < -0.39 is 0 Å². The molecule has 0 aromatic carbocycles. The van der Waals surface area contributed by atoms with E-state index in [2.05, 4.69) is 10.6 Å². The Bertz CT molecular complexity index is 163. The zero-order chi connectivity index (χ0) is 8.97. The summed E-state index contributed by atoms with van der Waals surface area (Å²) in [6, 6.07) is 0.0212. The summed E-state index contributed by atoms with van der Waals surface area (Å²) < 4.78 is 0. The van der Waals surface area contributed by atoms with Crippen LogP contribution in [0.2, 0.25) is 0 Å². The molecule has 12 heavy (non-hydrogen) atoms. The van der Waals surface area contributed by atoms with Crippen LogP contribution in [0, 0.1) is 0 Å². The molecule has 0 heterocycles. The fraction of sp³-hybridized carbons (Fsp3) is 0.875. The normalized spacial score (nSPS) is 29.5. The molecular formula is C8H15ClN2O. The van der Waals surface area contributed by atoms with E-state index in [1.54, 1.807) is 7.05 Å². The van der Waals surface area contributed by atoms with Crippen molar-refractivity contribution < 1.29 is 4.79 Å². The number of hydrogen-bond donors (Lipinski definition) is 2. The first kappa shape index (κ1) is 9.65. The van der Waals surface area contributed by atoms with Gasteiger partial charge in [-0.05, 0) is 12.8 Å². The molecule has 70 valence electrons. The van der Waals surface area contributed by atoms with Crippen molar-refractivity contribution in [1.82, 2.24) is 10.6 Å². The highest BCUT2D eigenvalue weighted by Crippen LogP contribution is 2.22. The fourth-order valence-corrected chi connectivity index (χ4v) is 1.83. The number of halogens is 1. The first-order valence-corrected chi connectivity index (χ1v) is 4.80. The van der Waals surface area contributed by atoms with E-state index in [4.69, 9.17) is 11.6 Å². The summed E-state index contributed by atoms with van der Waals surface area (Å²) in [4.78, 5) is 10.9. The van der Waals surface area contributed by atoms with Gasteiger partial charge >= 0.3 is 6.03 Å². The van der Waals surface area contributed by atoms with Gasteiger partial charge in [0.1, 0.15) is 0 Å². The minimum atomic E-state index is -0.132. The largest absolute Gasteiger partial charge is 0.341 e. The number of amides is 2. The van der Waals surface area contributed by atoms with Gasteiger partial charge in [-0.2, -0.15) is 0 Å². The van der Waals surface area contributed by atoms with E-state index >= 15 is 0 Å². The van der Waals surface area contributed by atoms with Gasteiger partial charge in [0, 0.05) is 13.1 Å². The third-order valence-electron chi connectivity index (χ3n) is 2.23. The number of rotatable bonds is 1. The lowest BCUT2D eigenvalue weighted by atomic mass is 9.95. The molecule has 4 heteroatoms. The summed E-state index contributed by atoms with van der Waals surface area (Å²) >= 11 is 6.04. The Morgan fingerprint density at radius 1 is 1.42 bits per heavy atom. The van der Waals surface area contributed by atoms with Crippen LogP contribution in [-0.4, -0.2) is 24.5 Å². The highest BCUT2D eigenvalue weighted by Gasteiger charge is 2.23. The summed E-state index contributed by atoms with van der Waals surface area (Å²) in [5.41, 5.74) is 0. The van der Waals surface area contributed by atoms with Crippen molar-refractivity contribution in [2.24, 2.45) is 0 Å². The lowest BCUT2D eigenvalue weighted by Gasteiger charge is -2.27. The Balaban J connectivity index is 2.33. The van der Waals surface area contributed by atoms with Gasteiger partial charge in [-0.3, -0.25) is 0 Å². The number of nitrogens with one attached hydrogen (secondary N) is 2. The maximum absolute atomic E-state index is 10.9. The zero-order valence-corrected chi connectivity index (χ0v) is 8.03. The number of carbonyl (C=O) groups is 1. The predicted molar refractivity (Wildman–Crippen MR) is 49.5 cm³/mol. The van der Waals surface area contributed by atoms with E-state index in [0.717, 1.165) is 19.3 Å². The first-order valence-electron chi connectivity index (χ1n) is 4.36. The molecule has 0 spiro atoms. The topological polar surface area (TPSA) is 41.1 Å². The van der Waals surface area contributed by atoms with Gasteiger partial charge in [-0.25, -0.2) is 4.79 Å². The summed E-state index contributed by atoms with van der Waals surface area (Å²) in [5.74, 6) is 0. The highest BCUT2D eigenvalue weighted by atomic mass is 35.5. The molecule has 0 radical (unpaired) electrons. The number of hydrogen-bond acceptors (Lipinski definition) is 1. The predicted octanol–water partition coefficient (Wildman–Crippen LogP) is 1.47. The number of carbonyl (C=O) groups excluding carboxylic acids is 1. The molecule has 1 fully saturated rings. The molecule has 0 aliphatic heterocycles. The molecule has 1 saturated carbocycles. The molecule has 2 amide bonds. The molecule has 1 aliphatic carbocycles. The van der Waals surface area contributed by atoms with Crippen LogP contribution in [0.15, 0.2) is 0 Å². The van der Waals surface area contributed by atoms with Crippen LogP contribution in [0.1, 0.15) is 25.7 Å². The van der Waals surface area contributed by atoms with Gasteiger partial charge in [0.2, 0.25) is 0 Å². The van der Waals surface area contributed by atoms with Crippen molar-refractivity contribution in [3.8, 4) is 0 Å². The second-order valence-corrected chi connectivity index (χ2v) is 3.69. The van der Waals surface area contributed by atoms with E-state index in [9.17, 15) is 4.79 Å². The summed E-state index contributed by atoms with van der Waals surface area (Å²) in [6.45, 7) is 0. The van der Waals surface area contributed by atoms with E-state index in [-0.39, 0.29) is 17.5 Å². The van der Waals surface area contributed by atoms with Gasteiger partial charge in [0.25, 0.3) is 0 Å². The van der Waals surface area contributed by atoms with Gasteiger partial charge in [0.05, 0.1) is 5.38 Å². The Morgan fingerprint density at radius 3 is 2.67 bits per heavy atom. The molecule has 2 atom stereocenters. The summed E-state index contributed by atoms with van der Waals surface area (Å²) in [6.07, 6.45) is 4.36. The minimum absolute atomic E-state index is 0.107. The third kappa shape index (κ3) is 2.55. The Hall–Kier alpha value is -0.440. The minimum Gasteiger partial charge on any atom is -0.341 e. The maximum atomic E-state index is 10.9. The highest BCUT2D eigenvalue weighted by molar-refractivity contribution is 6.21. The van der Waals surface area contributed by atoms with Crippen LogP contribution in [0.3, 0.4) is 0 Å². The van der Waals surface area contributed by atoms with Gasteiger partial charge < -0.3 is 10.6 Å². The van der Waals surface area contributed by atoms with Crippen molar-refractivity contribution in [2.45, 2.75) is 37.1 Å². The molecule has 2 unspecified atom stereocenters. The van der Waals surface area contributed by atoms with Crippen molar-refractivity contribution in [1.29, 1.82) is 0 Å². The maximum Gasteiger partial charge on any atom is 0.314 e. The SMILES string of the molecule is CNC(=O)NC1CCCCC1Cl. The smallest absolute Gasteiger partial charge is 0.314 e. The van der Waals surface area contributed by atoms with Gasteiger partial charge in [-0.1, -0.05) is 12.8 Å². The molecule has 3 nitrogen and oxygen atoms in total. The fourth-order valence-electron chi connectivity index (χ4n) is 1.49. The second kappa shape index (κ2) is 4.55. The molecule has 0 saturated heterocycles. The van der Waals surface area contributed by atoms with Crippen LogP contribution in [0.25, 0.3) is 0 Å². The average Bonchev–Trinajstić information content (AvgIpc) is 2.09. The quantitative estimate of drug-likeness (QED) is 0.604. The molecule has 1 rings (SSSR count). The van der Waals surface area contributed by atoms with Crippen molar-refractivity contribution in [3.63, 3.8) is 0 Å². The Morgan fingerprint density at radius 2 is 2.08 bits per heavy atom. The Kier molecular flexibility index (Phi) is 3.66. The lowest BCUT2D eigenvalue weighted by molar-refractivity contribution is 0.235. The van der Waals surface area contributed by atoms with Crippen LogP contribution in [-0.2, 0) is 0 Å². The molecule has 0 aromatic rings. The third-order valence-corrected chi connectivity index (χ3v) is 2.75. The standard InChI is InChI=1S/C8H15ClN2O/c1-10-8(12)11-7-5-3-2-4-6(7)9/h6-7H,2-5H2,1H3,(H2,10,11,12). The molecule has 0 bridgehead atoms. The van der Waals surface area contributed by atoms with Gasteiger partial charge in [-0.15, -0.1) is 11.6 Å². The molecule has 0 aromatic heterocycles. The van der Waals surface area contributed by atoms with E-state index in [1.165, 1.54) is 6.42 Å². The Labute approximate surface area is 77.9 Å². The van der Waals surface area contributed by atoms with Crippen molar-refractivity contribution >= 4 is 17.6 Å². The van der Waals surface area contributed by atoms with Crippen LogP contribution in [0.5, 0.6) is 0 Å². The lowest BCUT2D eigenvalue weighted by Crippen LogP contribution is -2.46. The number of urea groups is 1. The van der Waals surface area contributed by atoms with Gasteiger partial charge in [0.15, 0.2) is 0 Å².